The Balaban J connectivity index is 2.54. The first-order valence-corrected chi connectivity index (χ1v) is 9.27. The van der Waals surface area contributed by atoms with Gasteiger partial charge in [-0.3, -0.25) is 20.2 Å². The van der Waals surface area contributed by atoms with Crippen molar-refractivity contribution in [3.05, 3.63) is 103 Å². The molecule has 9 heteroatoms. The second-order valence-corrected chi connectivity index (χ2v) is 7.41. The number of nitrogens with zero attached hydrogens (tertiary/aromatic N) is 2. The molecule has 6 nitrogen and oxygen atoms in total. The Morgan fingerprint density at radius 3 is 1.52 bits per heavy atom. The summed E-state index contributed by atoms with van der Waals surface area (Å²) in [7, 11) is 0. The summed E-state index contributed by atoms with van der Waals surface area (Å²) in [6, 6.07) is 8.75. The van der Waals surface area contributed by atoms with Gasteiger partial charge in [0.05, 0.1) is 41.5 Å². The van der Waals surface area contributed by atoms with Crippen LogP contribution in [0.2, 0.25) is 10.0 Å². The first kappa shape index (κ1) is 21.0. The molecule has 140 valence electrons. The predicted molar refractivity (Wildman–Crippen MR) is 110 cm³/mol. The Hall–Kier alpha value is -2.35. The second kappa shape index (κ2) is 9.03. The number of rotatable bonds is 8. The Morgan fingerprint density at radius 2 is 1.22 bits per heavy atom. The summed E-state index contributed by atoms with van der Waals surface area (Å²) in [5.41, 5.74) is 0.226. The van der Waals surface area contributed by atoms with Crippen molar-refractivity contribution in [2.24, 2.45) is 0 Å². The number of nitro groups is 2. The van der Waals surface area contributed by atoms with Gasteiger partial charge in [-0.1, -0.05) is 47.5 Å². The minimum atomic E-state index is -0.613. The van der Waals surface area contributed by atoms with Crippen molar-refractivity contribution < 1.29 is 9.85 Å². The first-order chi connectivity index (χ1) is 12.8. The van der Waals surface area contributed by atoms with E-state index in [1.807, 2.05) is 0 Å². The molecule has 0 heterocycles. The van der Waals surface area contributed by atoms with Crippen LogP contribution in [0.5, 0.6) is 0 Å². The zero-order valence-corrected chi connectivity index (χ0v) is 16.2. The van der Waals surface area contributed by atoms with Gasteiger partial charge in [-0.25, -0.2) is 0 Å². The van der Waals surface area contributed by atoms with E-state index in [4.69, 9.17) is 23.2 Å². The van der Waals surface area contributed by atoms with Crippen molar-refractivity contribution >= 4 is 46.3 Å². The smallest absolute Gasteiger partial charge is 0.258 e. The van der Waals surface area contributed by atoms with Gasteiger partial charge >= 0.3 is 0 Å². The van der Waals surface area contributed by atoms with E-state index in [0.29, 0.717) is 0 Å². The van der Waals surface area contributed by atoms with Crippen LogP contribution in [0.1, 0.15) is 21.6 Å². The number of nitro benzene ring substituents is 2. The van der Waals surface area contributed by atoms with Crippen LogP contribution in [-0.2, 0) is 0 Å². The first-order valence-electron chi connectivity index (χ1n) is 7.58. The van der Waals surface area contributed by atoms with E-state index in [2.05, 4.69) is 13.2 Å². The highest BCUT2D eigenvalue weighted by molar-refractivity contribution is 8.00. The third-order valence-corrected chi connectivity index (χ3v) is 5.85. The third-order valence-electron chi connectivity index (χ3n) is 3.74. The van der Waals surface area contributed by atoms with Crippen LogP contribution in [0.3, 0.4) is 0 Å². The quantitative estimate of drug-likeness (QED) is 0.267. The van der Waals surface area contributed by atoms with Crippen LogP contribution >= 0.6 is 35.0 Å². The fourth-order valence-electron chi connectivity index (χ4n) is 2.57. The highest BCUT2D eigenvalue weighted by Gasteiger charge is 2.29. The van der Waals surface area contributed by atoms with Crippen LogP contribution in [0, 0.1) is 20.2 Å². The summed E-state index contributed by atoms with van der Waals surface area (Å²) in [5, 5.41) is 22.0. The molecule has 0 N–H and O–H groups in total. The SMILES string of the molecule is C=CC(SC(C=C)c1c(Cl)cccc1[N+](=O)[O-])c1c(Cl)cccc1[N+](=O)[O-]. The van der Waals surface area contributed by atoms with Crippen molar-refractivity contribution in [3.63, 3.8) is 0 Å². The molecule has 0 bridgehead atoms. The monoisotopic (exact) mass is 424 g/mol. The van der Waals surface area contributed by atoms with Crippen LogP contribution in [0.4, 0.5) is 11.4 Å². The van der Waals surface area contributed by atoms with Crippen molar-refractivity contribution in [3.8, 4) is 0 Å². The minimum absolute atomic E-state index is 0.156. The van der Waals surface area contributed by atoms with E-state index < -0.39 is 20.3 Å². The van der Waals surface area contributed by atoms with Gasteiger partial charge in [0.2, 0.25) is 0 Å². The van der Waals surface area contributed by atoms with Gasteiger partial charge in [-0.2, -0.15) is 0 Å². The predicted octanol–water partition coefficient (Wildman–Crippen LogP) is 6.70. The largest absolute Gasteiger partial charge is 0.275 e. The summed E-state index contributed by atoms with van der Waals surface area (Å²) in [4.78, 5) is 21.7. The summed E-state index contributed by atoms with van der Waals surface area (Å²) >= 11 is 13.6. The summed E-state index contributed by atoms with van der Waals surface area (Å²) in [6.07, 6.45) is 3.00. The fraction of sp³-hybridized carbons (Fsp3) is 0.111. The van der Waals surface area contributed by atoms with Crippen LogP contribution in [0.15, 0.2) is 61.7 Å². The lowest BCUT2D eigenvalue weighted by Crippen LogP contribution is -2.04. The van der Waals surface area contributed by atoms with Crippen LogP contribution in [-0.4, -0.2) is 9.85 Å². The van der Waals surface area contributed by atoms with Crippen molar-refractivity contribution in [2.75, 3.05) is 0 Å². The van der Waals surface area contributed by atoms with E-state index in [-0.39, 0.29) is 32.5 Å². The van der Waals surface area contributed by atoms with Crippen molar-refractivity contribution in [2.45, 2.75) is 10.5 Å². The molecule has 0 aromatic heterocycles. The molecule has 0 aliphatic rings. The highest BCUT2D eigenvalue weighted by Crippen LogP contribution is 2.49. The van der Waals surface area contributed by atoms with Gasteiger partial charge in [0.25, 0.3) is 11.4 Å². The van der Waals surface area contributed by atoms with E-state index in [9.17, 15) is 20.2 Å². The molecular formula is C18H14Cl2N2O4S. The average Bonchev–Trinajstić information content (AvgIpc) is 2.63. The molecule has 0 amide bonds. The number of halogens is 2. The molecule has 2 unspecified atom stereocenters. The van der Waals surface area contributed by atoms with E-state index in [1.165, 1.54) is 48.2 Å². The maximum Gasteiger partial charge on any atom is 0.275 e. The lowest BCUT2D eigenvalue weighted by atomic mass is 10.1. The lowest BCUT2D eigenvalue weighted by molar-refractivity contribution is -0.385. The molecule has 0 aliphatic carbocycles. The molecule has 2 rings (SSSR count). The van der Waals surface area contributed by atoms with Gasteiger partial charge in [0, 0.05) is 12.1 Å². The van der Waals surface area contributed by atoms with Crippen molar-refractivity contribution in [1.29, 1.82) is 0 Å². The van der Waals surface area contributed by atoms with Gasteiger partial charge < -0.3 is 0 Å². The Kier molecular flexibility index (Phi) is 7.01. The molecule has 0 saturated carbocycles. The number of hydrogen-bond acceptors (Lipinski definition) is 5. The van der Waals surface area contributed by atoms with Gasteiger partial charge in [0.1, 0.15) is 0 Å². The normalized spacial score (nSPS) is 12.8. The van der Waals surface area contributed by atoms with Gasteiger partial charge in [-0.15, -0.1) is 24.9 Å². The van der Waals surface area contributed by atoms with Crippen LogP contribution in [0.25, 0.3) is 0 Å². The maximum atomic E-state index is 11.4. The van der Waals surface area contributed by atoms with Crippen molar-refractivity contribution in [1.82, 2.24) is 0 Å². The fourth-order valence-corrected chi connectivity index (χ4v) is 4.58. The van der Waals surface area contributed by atoms with E-state index in [1.54, 1.807) is 12.1 Å². The molecule has 27 heavy (non-hydrogen) atoms. The molecular weight excluding hydrogens is 411 g/mol. The molecule has 0 radical (unpaired) electrons. The zero-order valence-electron chi connectivity index (χ0n) is 13.9. The second-order valence-electron chi connectivity index (χ2n) is 5.31. The van der Waals surface area contributed by atoms with E-state index >= 15 is 0 Å². The standard InChI is InChI=1S/C18H14Cl2N2O4S/c1-3-15(17-11(19)7-5-9-13(17)21(23)24)27-16(4-2)18-12(20)8-6-10-14(18)22(25)26/h3-10,15-16H,1-2H2. The molecule has 0 aliphatic heterocycles. The number of thioether (sulfide) groups is 1. The molecule has 2 aromatic carbocycles. The Bertz CT molecular complexity index is 847. The van der Waals surface area contributed by atoms with Gasteiger partial charge in [0.15, 0.2) is 0 Å². The average molecular weight is 425 g/mol. The number of benzene rings is 2. The zero-order chi connectivity index (χ0) is 20.1. The summed E-state index contributed by atoms with van der Waals surface area (Å²) < 4.78 is 0. The molecule has 2 aromatic rings. The van der Waals surface area contributed by atoms with Crippen LogP contribution < -0.4 is 0 Å². The van der Waals surface area contributed by atoms with Gasteiger partial charge in [-0.05, 0) is 12.1 Å². The Morgan fingerprint density at radius 1 is 0.852 bits per heavy atom. The summed E-state index contributed by atoms with van der Waals surface area (Å²) in [5.74, 6) is 0. The maximum absolute atomic E-state index is 11.4. The third kappa shape index (κ3) is 4.50. The highest BCUT2D eigenvalue weighted by atomic mass is 35.5. The minimum Gasteiger partial charge on any atom is -0.258 e. The number of hydrogen-bond donors (Lipinski definition) is 0. The molecule has 0 saturated heterocycles. The summed E-state index contributed by atoms with van der Waals surface area (Å²) in [6.45, 7) is 7.47. The van der Waals surface area contributed by atoms with E-state index in [0.717, 1.165) is 0 Å². The lowest BCUT2D eigenvalue weighted by Gasteiger charge is -2.20. The Labute approximate surface area is 169 Å². The molecule has 2 atom stereocenters. The molecule has 0 spiro atoms. The topological polar surface area (TPSA) is 86.3 Å². The molecule has 0 fully saturated rings.